The normalized spacial score (nSPS) is 12.7. The Labute approximate surface area is 138 Å². The van der Waals surface area contributed by atoms with Gasteiger partial charge in [-0.2, -0.15) is 5.10 Å². The number of amides is 1. The maximum Gasteiger partial charge on any atom is 0.240 e. The maximum atomic E-state index is 11.7. The third-order valence-corrected chi connectivity index (χ3v) is 3.81. The summed E-state index contributed by atoms with van der Waals surface area (Å²) < 4.78 is 10.5. The first-order valence-corrected chi connectivity index (χ1v) is 8.51. The fourth-order valence-electron chi connectivity index (χ4n) is 2.47. The molecule has 1 aromatic rings. The molecule has 0 aromatic heterocycles. The molecule has 2 rings (SSSR count). The van der Waals surface area contributed by atoms with Crippen LogP contribution in [0, 0.1) is 0 Å². The summed E-state index contributed by atoms with van der Waals surface area (Å²) in [5.74, 6) is 1.42. The van der Waals surface area contributed by atoms with Gasteiger partial charge in [-0.1, -0.05) is 45.4 Å². The van der Waals surface area contributed by atoms with Gasteiger partial charge in [0.2, 0.25) is 12.7 Å². The van der Waals surface area contributed by atoms with Crippen molar-refractivity contribution in [3.63, 3.8) is 0 Å². The Kier molecular flexibility index (Phi) is 7.43. The highest BCUT2D eigenvalue weighted by molar-refractivity contribution is 5.83. The summed E-state index contributed by atoms with van der Waals surface area (Å²) in [5, 5.41) is 3.99. The van der Waals surface area contributed by atoms with Crippen molar-refractivity contribution in [2.75, 3.05) is 6.79 Å². The third-order valence-electron chi connectivity index (χ3n) is 3.81. The zero-order valence-corrected chi connectivity index (χ0v) is 13.8. The third kappa shape index (κ3) is 6.30. The molecule has 0 fully saturated rings. The summed E-state index contributed by atoms with van der Waals surface area (Å²) in [5.41, 5.74) is 3.43. The van der Waals surface area contributed by atoms with Crippen LogP contribution in [0.25, 0.3) is 0 Å². The van der Waals surface area contributed by atoms with Crippen LogP contribution >= 0.6 is 0 Å². The number of unbranched alkanes of at least 4 members (excludes halogenated alkanes) is 6. The number of hydrogen-bond acceptors (Lipinski definition) is 4. The van der Waals surface area contributed by atoms with Crippen molar-refractivity contribution in [1.82, 2.24) is 5.43 Å². The molecule has 0 bridgehead atoms. The molecule has 1 N–H and O–H groups in total. The van der Waals surface area contributed by atoms with Gasteiger partial charge < -0.3 is 9.47 Å². The Morgan fingerprint density at radius 3 is 2.70 bits per heavy atom. The molecule has 0 spiro atoms. The van der Waals surface area contributed by atoms with Crippen molar-refractivity contribution in [3.8, 4) is 11.5 Å². The topological polar surface area (TPSA) is 59.9 Å². The number of rotatable bonds is 10. The van der Waals surface area contributed by atoms with Crippen LogP contribution in [-0.4, -0.2) is 18.9 Å². The Morgan fingerprint density at radius 1 is 1.13 bits per heavy atom. The Balaban J connectivity index is 1.59. The molecule has 5 nitrogen and oxygen atoms in total. The van der Waals surface area contributed by atoms with E-state index >= 15 is 0 Å². The number of hydrogen-bond donors (Lipinski definition) is 1. The molecule has 1 amide bonds. The van der Waals surface area contributed by atoms with Crippen molar-refractivity contribution in [2.24, 2.45) is 5.10 Å². The number of hydrazone groups is 1. The molecular formula is C18H26N2O3. The standard InChI is InChI=1S/C18H26N2O3/c1-2-3-4-5-6-7-8-9-18(21)20-19-13-15-10-11-16-17(12-15)23-14-22-16/h10-13H,2-9,14H2,1H3,(H,20,21)/b19-13+. The van der Waals surface area contributed by atoms with Crippen LogP contribution in [0.15, 0.2) is 23.3 Å². The number of carbonyl (C=O) groups is 1. The SMILES string of the molecule is CCCCCCCCCC(=O)N/N=C/c1ccc2c(c1)OCO2. The molecule has 0 saturated carbocycles. The largest absolute Gasteiger partial charge is 0.454 e. The first-order valence-electron chi connectivity index (χ1n) is 8.51. The number of ether oxygens (including phenoxy) is 2. The minimum Gasteiger partial charge on any atom is -0.454 e. The van der Waals surface area contributed by atoms with Gasteiger partial charge in [0, 0.05) is 6.42 Å². The zero-order valence-electron chi connectivity index (χ0n) is 13.8. The monoisotopic (exact) mass is 318 g/mol. The predicted octanol–water partition coefficient (Wildman–Crippen LogP) is 4.01. The van der Waals surface area contributed by atoms with Gasteiger partial charge in [0.15, 0.2) is 11.5 Å². The van der Waals surface area contributed by atoms with E-state index in [0.717, 1.165) is 24.2 Å². The lowest BCUT2D eigenvalue weighted by atomic mass is 10.1. The molecule has 0 radical (unpaired) electrons. The lowest BCUT2D eigenvalue weighted by Gasteiger charge is -2.01. The number of benzene rings is 1. The molecule has 0 atom stereocenters. The Morgan fingerprint density at radius 2 is 1.87 bits per heavy atom. The van der Waals surface area contributed by atoms with Crippen LogP contribution in [0.2, 0.25) is 0 Å². The summed E-state index contributed by atoms with van der Waals surface area (Å²) in [6.45, 7) is 2.47. The number of carbonyl (C=O) groups excluding carboxylic acids is 1. The fourth-order valence-corrected chi connectivity index (χ4v) is 2.47. The van der Waals surface area contributed by atoms with Gasteiger partial charge in [0.05, 0.1) is 6.21 Å². The zero-order chi connectivity index (χ0) is 16.3. The molecule has 1 aliphatic heterocycles. The molecule has 5 heteroatoms. The lowest BCUT2D eigenvalue weighted by Crippen LogP contribution is -2.16. The van der Waals surface area contributed by atoms with Gasteiger partial charge in [-0.05, 0) is 30.2 Å². The van der Waals surface area contributed by atoms with Gasteiger partial charge in [0.25, 0.3) is 0 Å². The summed E-state index contributed by atoms with van der Waals surface area (Å²) in [7, 11) is 0. The summed E-state index contributed by atoms with van der Waals surface area (Å²) in [6.07, 6.45) is 10.6. The van der Waals surface area contributed by atoms with Crippen LogP contribution in [0.4, 0.5) is 0 Å². The average molecular weight is 318 g/mol. The first kappa shape index (κ1) is 17.3. The van der Waals surface area contributed by atoms with E-state index < -0.39 is 0 Å². The van der Waals surface area contributed by atoms with Crippen molar-refractivity contribution in [3.05, 3.63) is 23.8 Å². The second-order valence-electron chi connectivity index (χ2n) is 5.78. The summed E-state index contributed by atoms with van der Waals surface area (Å²) in [6, 6.07) is 5.55. The highest BCUT2D eigenvalue weighted by Crippen LogP contribution is 2.31. The van der Waals surface area contributed by atoms with E-state index in [2.05, 4.69) is 17.5 Å². The smallest absolute Gasteiger partial charge is 0.240 e. The molecule has 1 aromatic carbocycles. The van der Waals surface area contributed by atoms with Crippen LogP contribution in [-0.2, 0) is 4.79 Å². The van der Waals surface area contributed by atoms with Crippen molar-refractivity contribution < 1.29 is 14.3 Å². The van der Waals surface area contributed by atoms with Crippen LogP contribution in [0.3, 0.4) is 0 Å². The van der Waals surface area contributed by atoms with E-state index in [1.54, 1.807) is 6.21 Å². The first-order chi connectivity index (χ1) is 11.3. The van der Waals surface area contributed by atoms with Crippen molar-refractivity contribution >= 4 is 12.1 Å². The molecule has 0 saturated heterocycles. The quantitative estimate of drug-likeness (QED) is 0.403. The molecule has 23 heavy (non-hydrogen) atoms. The van der Waals surface area contributed by atoms with Gasteiger partial charge in [-0.15, -0.1) is 0 Å². The van der Waals surface area contributed by atoms with Crippen molar-refractivity contribution in [1.29, 1.82) is 0 Å². The van der Waals surface area contributed by atoms with E-state index in [1.807, 2.05) is 18.2 Å². The van der Waals surface area contributed by atoms with E-state index in [-0.39, 0.29) is 12.7 Å². The maximum absolute atomic E-state index is 11.7. The fraction of sp³-hybridized carbons (Fsp3) is 0.556. The summed E-state index contributed by atoms with van der Waals surface area (Å²) in [4.78, 5) is 11.7. The van der Waals surface area contributed by atoms with Gasteiger partial charge in [-0.3, -0.25) is 4.79 Å². The molecule has 1 heterocycles. The number of nitrogens with zero attached hydrogens (tertiary/aromatic N) is 1. The number of nitrogens with one attached hydrogen (secondary N) is 1. The second-order valence-corrected chi connectivity index (χ2v) is 5.78. The van der Waals surface area contributed by atoms with E-state index in [9.17, 15) is 4.79 Å². The average Bonchev–Trinajstić information content (AvgIpc) is 3.02. The van der Waals surface area contributed by atoms with Crippen LogP contribution in [0.1, 0.15) is 63.9 Å². The van der Waals surface area contributed by atoms with Gasteiger partial charge >= 0.3 is 0 Å². The highest BCUT2D eigenvalue weighted by atomic mass is 16.7. The number of fused-ring (bicyclic) bond motifs is 1. The van der Waals surface area contributed by atoms with Crippen LogP contribution in [0.5, 0.6) is 11.5 Å². The van der Waals surface area contributed by atoms with E-state index in [4.69, 9.17) is 9.47 Å². The second kappa shape index (κ2) is 9.87. The lowest BCUT2D eigenvalue weighted by molar-refractivity contribution is -0.121. The van der Waals surface area contributed by atoms with Crippen LogP contribution < -0.4 is 14.9 Å². The van der Waals surface area contributed by atoms with E-state index in [1.165, 1.54) is 32.1 Å². The summed E-state index contributed by atoms with van der Waals surface area (Å²) >= 11 is 0. The van der Waals surface area contributed by atoms with E-state index in [0.29, 0.717) is 12.2 Å². The Hall–Kier alpha value is -2.04. The minimum absolute atomic E-state index is 0.0319. The minimum atomic E-state index is -0.0319. The highest BCUT2D eigenvalue weighted by Gasteiger charge is 2.12. The molecule has 1 aliphatic rings. The van der Waals surface area contributed by atoms with Gasteiger partial charge in [-0.25, -0.2) is 5.43 Å². The van der Waals surface area contributed by atoms with Gasteiger partial charge in [0.1, 0.15) is 0 Å². The molecule has 0 aliphatic carbocycles. The molecule has 0 unspecified atom stereocenters. The molecular weight excluding hydrogens is 292 g/mol. The Bertz CT molecular complexity index is 529. The predicted molar refractivity (Wildman–Crippen MR) is 90.9 cm³/mol. The molecule has 126 valence electrons. The van der Waals surface area contributed by atoms with Crippen molar-refractivity contribution in [2.45, 2.75) is 58.3 Å².